The van der Waals surface area contributed by atoms with Gasteiger partial charge in [-0.25, -0.2) is 8.42 Å². The van der Waals surface area contributed by atoms with Crippen molar-refractivity contribution >= 4 is 32.4 Å². The standard InChI is InChI=1S/C26H29N3O3S/c1-17-4-5-19-16-22(9-6-18(19)14-17)33(31,32)27-24-12-13-29(26(24)30)21-8-10-23-20(15-21)7-11-25(23)28(2)3/h4-6,8-10,14-16,24-25,27H,7,11-13H2,1-3H3. The highest BCUT2D eigenvalue weighted by Gasteiger charge is 2.36. The molecule has 5 rings (SSSR count). The summed E-state index contributed by atoms with van der Waals surface area (Å²) in [5.74, 6) is -0.197. The van der Waals surface area contributed by atoms with Crippen molar-refractivity contribution in [1.29, 1.82) is 0 Å². The molecule has 1 heterocycles. The number of anilines is 1. The van der Waals surface area contributed by atoms with Crippen LogP contribution in [0.2, 0.25) is 0 Å². The Kier molecular flexibility index (Phi) is 5.51. The van der Waals surface area contributed by atoms with Crippen molar-refractivity contribution in [1.82, 2.24) is 9.62 Å². The van der Waals surface area contributed by atoms with E-state index in [1.807, 2.05) is 37.3 Å². The predicted octanol–water partition coefficient (Wildman–Crippen LogP) is 3.78. The van der Waals surface area contributed by atoms with Crippen LogP contribution in [-0.4, -0.2) is 45.9 Å². The van der Waals surface area contributed by atoms with Crippen molar-refractivity contribution in [3.05, 3.63) is 71.3 Å². The summed E-state index contributed by atoms with van der Waals surface area (Å²) in [6, 6.07) is 16.8. The first-order chi connectivity index (χ1) is 15.7. The van der Waals surface area contributed by atoms with E-state index in [9.17, 15) is 13.2 Å². The summed E-state index contributed by atoms with van der Waals surface area (Å²) in [7, 11) is 0.363. The summed E-state index contributed by atoms with van der Waals surface area (Å²) in [5.41, 5.74) is 4.56. The Morgan fingerprint density at radius 2 is 1.73 bits per heavy atom. The summed E-state index contributed by atoms with van der Waals surface area (Å²) < 4.78 is 28.8. The molecule has 0 radical (unpaired) electrons. The van der Waals surface area contributed by atoms with Crippen LogP contribution in [0.5, 0.6) is 0 Å². The fourth-order valence-corrected chi connectivity index (χ4v) is 6.36. The molecule has 1 fully saturated rings. The molecule has 3 aromatic rings. The number of rotatable bonds is 5. The first-order valence-electron chi connectivity index (χ1n) is 11.4. The van der Waals surface area contributed by atoms with Crippen molar-refractivity contribution in [3.8, 4) is 0 Å². The van der Waals surface area contributed by atoms with Crippen molar-refractivity contribution in [3.63, 3.8) is 0 Å². The maximum absolute atomic E-state index is 13.1. The van der Waals surface area contributed by atoms with E-state index in [-0.39, 0.29) is 10.8 Å². The number of nitrogens with zero attached hydrogens (tertiary/aromatic N) is 2. The van der Waals surface area contributed by atoms with Gasteiger partial charge in [-0.15, -0.1) is 0 Å². The average molecular weight is 464 g/mol. The molecule has 33 heavy (non-hydrogen) atoms. The largest absolute Gasteiger partial charge is 0.311 e. The minimum atomic E-state index is -3.81. The van der Waals surface area contributed by atoms with Crippen molar-refractivity contribution in [2.45, 2.75) is 43.2 Å². The maximum atomic E-state index is 13.1. The second-order valence-electron chi connectivity index (χ2n) is 9.37. The number of amides is 1. The molecule has 1 N–H and O–H groups in total. The zero-order valence-corrected chi connectivity index (χ0v) is 20.0. The van der Waals surface area contributed by atoms with E-state index in [1.165, 1.54) is 11.1 Å². The number of carbonyl (C=O) groups excluding carboxylic acids is 1. The van der Waals surface area contributed by atoms with Crippen LogP contribution in [0.15, 0.2) is 59.5 Å². The zero-order valence-electron chi connectivity index (χ0n) is 19.2. The van der Waals surface area contributed by atoms with E-state index < -0.39 is 16.1 Å². The zero-order chi connectivity index (χ0) is 23.3. The minimum Gasteiger partial charge on any atom is -0.311 e. The van der Waals surface area contributed by atoms with Gasteiger partial charge >= 0.3 is 0 Å². The Bertz CT molecular complexity index is 1350. The number of aryl methyl sites for hydroxylation is 2. The Morgan fingerprint density at radius 1 is 0.970 bits per heavy atom. The highest BCUT2D eigenvalue weighted by atomic mass is 32.2. The summed E-state index contributed by atoms with van der Waals surface area (Å²) in [6.07, 6.45) is 2.52. The Balaban J connectivity index is 1.34. The third-order valence-electron chi connectivity index (χ3n) is 6.89. The van der Waals surface area contributed by atoms with Crippen LogP contribution < -0.4 is 9.62 Å². The van der Waals surface area contributed by atoms with E-state index in [0.29, 0.717) is 19.0 Å². The topological polar surface area (TPSA) is 69.7 Å². The van der Waals surface area contributed by atoms with Gasteiger partial charge < -0.3 is 9.80 Å². The van der Waals surface area contributed by atoms with Gasteiger partial charge in [0.15, 0.2) is 0 Å². The summed E-state index contributed by atoms with van der Waals surface area (Å²) in [4.78, 5) is 17.2. The van der Waals surface area contributed by atoms with E-state index in [2.05, 4.69) is 35.9 Å². The van der Waals surface area contributed by atoms with Crippen LogP contribution in [0.4, 0.5) is 5.69 Å². The smallest absolute Gasteiger partial charge is 0.245 e. The molecule has 7 heteroatoms. The molecule has 3 aromatic carbocycles. The molecule has 2 unspecified atom stereocenters. The molecule has 1 saturated heterocycles. The third kappa shape index (κ3) is 4.05. The Hall–Kier alpha value is -2.74. The number of hydrogen-bond acceptors (Lipinski definition) is 4. The van der Waals surface area contributed by atoms with Crippen LogP contribution in [0.3, 0.4) is 0 Å². The van der Waals surface area contributed by atoms with E-state index in [0.717, 1.165) is 34.9 Å². The number of benzene rings is 3. The van der Waals surface area contributed by atoms with Gasteiger partial charge in [0, 0.05) is 18.3 Å². The molecule has 0 aromatic heterocycles. The maximum Gasteiger partial charge on any atom is 0.245 e. The first kappa shape index (κ1) is 22.1. The molecule has 2 aliphatic rings. The van der Waals surface area contributed by atoms with Crippen LogP contribution in [0, 0.1) is 6.92 Å². The molecular weight excluding hydrogens is 434 g/mol. The normalized spacial score (nSPS) is 20.7. The van der Waals surface area contributed by atoms with Gasteiger partial charge in [-0.1, -0.05) is 35.9 Å². The molecule has 1 amide bonds. The highest BCUT2D eigenvalue weighted by Crippen LogP contribution is 2.37. The lowest BCUT2D eigenvalue weighted by molar-refractivity contribution is -0.118. The number of fused-ring (bicyclic) bond motifs is 2. The number of hydrogen-bond donors (Lipinski definition) is 1. The van der Waals surface area contributed by atoms with Gasteiger partial charge in [0.05, 0.1) is 4.90 Å². The summed E-state index contributed by atoms with van der Waals surface area (Å²) >= 11 is 0. The van der Waals surface area contributed by atoms with E-state index in [4.69, 9.17) is 0 Å². The quantitative estimate of drug-likeness (QED) is 0.625. The Morgan fingerprint density at radius 3 is 2.52 bits per heavy atom. The van der Waals surface area contributed by atoms with Crippen molar-refractivity contribution in [2.24, 2.45) is 0 Å². The van der Waals surface area contributed by atoms with Crippen LogP contribution in [0.25, 0.3) is 10.8 Å². The fraction of sp³-hybridized carbons (Fsp3) is 0.346. The average Bonchev–Trinajstić information content (AvgIpc) is 3.36. The van der Waals surface area contributed by atoms with Crippen molar-refractivity contribution < 1.29 is 13.2 Å². The SMILES string of the molecule is Cc1ccc2cc(S(=O)(=O)NC3CCN(c4ccc5c(c4)CCC5N(C)C)C3=O)ccc2c1. The molecule has 6 nitrogen and oxygen atoms in total. The Labute approximate surface area is 195 Å². The molecule has 172 valence electrons. The second-order valence-corrected chi connectivity index (χ2v) is 11.1. The van der Waals surface area contributed by atoms with Crippen LogP contribution >= 0.6 is 0 Å². The van der Waals surface area contributed by atoms with Crippen molar-refractivity contribution in [2.75, 3.05) is 25.5 Å². The summed E-state index contributed by atoms with van der Waals surface area (Å²) in [6.45, 7) is 2.50. The molecule has 2 atom stereocenters. The third-order valence-corrected chi connectivity index (χ3v) is 8.36. The van der Waals surface area contributed by atoms with Gasteiger partial charge in [-0.05, 0) is 86.4 Å². The van der Waals surface area contributed by atoms with Gasteiger partial charge in [0.25, 0.3) is 0 Å². The molecule has 1 aliphatic heterocycles. The van der Waals surface area contributed by atoms with Gasteiger partial charge in [0.1, 0.15) is 6.04 Å². The van der Waals surface area contributed by atoms with Gasteiger partial charge in [-0.2, -0.15) is 4.72 Å². The monoisotopic (exact) mass is 463 g/mol. The molecule has 0 spiro atoms. The van der Waals surface area contributed by atoms with Crippen LogP contribution in [0.1, 0.15) is 35.6 Å². The lowest BCUT2D eigenvalue weighted by atomic mass is 10.1. The second kappa shape index (κ2) is 8.24. The highest BCUT2D eigenvalue weighted by molar-refractivity contribution is 7.89. The minimum absolute atomic E-state index is 0.178. The molecular formula is C26H29N3O3S. The van der Waals surface area contributed by atoms with Crippen LogP contribution in [-0.2, 0) is 21.2 Å². The number of nitrogens with one attached hydrogen (secondary N) is 1. The molecule has 1 aliphatic carbocycles. The van der Waals surface area contributed by atoms with E-state index >= 15 is 0 Å². The fourth-order valence-electron chi connectivity index (χ4n) is 5.10. The molecule has 0 bridgehead atoms. The predicted molar refractivity (Wildman–Crippen MR) is 131 cm³/mol. The lowest BCUT2D eigenvalue weighted by Gasteiger charge is -2.22. The summed E-state index contributed by atoms with van der Waals surface area (Å²) in [5, 5.41) is 1.85. The van der Waals surface area contributed by atoms with Gasteiger partial charge in [0.2, 0.25) is 15.9 Å². The first-order valence-corrected chi connectivity index (χ1v) is 12.8. The van der Waals surface area contributed by atoms with Gasteiger partial charge in [-0.3, -0.25) is 4.79 Å². The lowest BCUT2D eigenvalue weighted by Crippen LogP contribution is -2.41. The number of carbonyl (C=O) groups is 1. The molecule has 0 saturated carbocycles. The number of sulfonamides is 1. The van der Waals surface area contributed by atoms with E-state index in [1.54, 1.807) is 17.0 Å².